The van der Waals surface area contributed by atoms with Crippen LogP contribution in [0.15, 0.2) is 24.3 Å². The average Bonchev–Trinajstić information content (AvgIpc) is 2.16. The van der Waals surface area contributed by atoms with Crippen molar-refractivity contribution in [2.45, 2.75) is 19.5 Å². The molecule has 1 aromatic carbocycles. The lowest BCUT2D eigenvalue weighted by Crippen LogP contribution is -2.38. The standard InChI is InChI=1S/C10H15N3O/c1-7(10(12)14)13-6-8-4-2-3-5-9(8)11/h2-5,7,13H,6,11H2,1H3,(H2,12,14). The molecule has 0 radical (unpaired) electrons. The van der Waals surface area contributed by atoms with Crippen molar-refractivity contribution in [3.8, 4) is 0 Å². The number of rotatable bonds is 4. The average molecular weight is 193 g/mol. The van der Waals surface area contributed by atoms with E-state index in [-0.39, 0.29) is 11.9 Å². The van der Waals surface area contributed by atoms with Crippen molar-refractivity contribution in [1.29, 1.82) is 0 Å². The van der Waals surface area contributed by atoms with Crippen molar-refractivity contribution in [2.75, 3.05) is 5.73 Å². The van der Waals surface area contributed by atoms with Crippen LogP contribution in [0, 0.1) is 0 Å². The Morgan fingerprint density at radius 3 is 2.71 bits per heavy atom. The van der Waals surface area contributed by atoms with E-state index in [1.54, 1.807) is 6.92 Å². The van der Waals surface area contributed by atoms with Gasteiger partial charge in [0.25, 0.3) is 0 Å². The van der Waals surface area contributed by atoms with E-state index >= 15 is 0 Å². The predicted octanol–water partition coefficient (Wildman–Crippen LogP) is 0.232. The molecular weight excluding hydrogens is 178 g/mol. The van der Waals surface area contributed by atoms with Gasteiger partial charge in [0.2, 0.25) is 5.91 Å². The van der Waals surface area contributed by atoms with Gasteiger partial charge in [-0.3, -0.25) is 4.79 Å². The first kappa shape index (κ1) is 10.5. The summed E-state index contributed by atoms with van der Waals surface area (Å²) in [6.45, 7) is 2.28. The van der Waals surface area contributed by atoms with Crippen molar-refractivity contribution in [3.05, 3.63) is 29.8 Å². The van der Waals surface area contributed by atoms with Crippen LogP contribution in [-0.2, 0) is 11.3 Å². The highest BCUT2D eigenvalue weighted by atomic mass is 16.1. The first-order chi connectivity index (χ1) is 6.61. The van der Waals surface area contributed by atoms with Gasteiger partial charge in [0, 0.05) is 12.2 Å². The van der Waals surface area contributed by atoms with Gasteiger partial charge in [0.05, 0.1) is 6.04 Å². The molecule has 1 atom stereocenters. The first-order valence-electron chi connectivity index (χ1n) is 4.47. The number of benzene rings is 1. The number of nitrogens with two attached hydrogens (primary N) is 2. The molecule has 0 aliphatic rings. The maximum absolute atomic E-state index is 10.7. The van der Waals surface area contributed by atoms with Gasteiger partial charge in [0.15, 0.2) is 0 Å². The molecule has 5 N–H and O–H groups in total. The lowest BCUT2D eigenvalue weighted by Gasteiger charge is -2.11. The summed E-state index contributed by atoms with van der Waals surface area (Å²) in [5.41, 5.74) is 12.5. The van der Waals surface area contributed by atoms with E-state index in [0.29, 0.717) is 6.54 Å². The van der Waals surface area contributed by atoms with Crippen molar-refractivity contribution >= 4 is 11.6 Å². The SMILES string of the molecule is CC(NCc1ccccc1N)C(N)=O. The Labute approximate surface area is 83.3 Å². The van der Waals surface area contributed by atoms with Crippen LogP contribution in [-0.4, -0.2) is 11.9 Å². The van der Waals surface area contributed by atoms with Crippen molar-refractivity contribution in [2.24, 2.45) is 5.73 Å². The summed E-state index contributed by atoms with van der Waals surface area (Å²) in [4.78, 5) is 10.7. The normalized spacial score (nSPS) is 12.4. The third-order valence-corrected chi connectivity index (χ3v) is 2.08. The quantitative estimate of drug-likeness (QED) is 0.599. The van der Waals surface area contributed by atoms with Gasteiger partial charge in [-0.25, -0.2) is 0 Å². The summed E-state index contributed by atoms with van der Waals surface area (Å²) in [5.74, 6) is -0.362. The number of carbonyl (C=O) groups is 1. The lowest BCUT2D eigenvalue weighted by atomic mass is 10.1. The molecule has 4 heteroatoms. The van der Waals surface area contributed by atoms with E-state index in [2.05, 4.69) is 5.32 Å². The summed E-state index contributed by atoms with van der Waals surface area (Å²) in [6, 6.07) is 7.18. The Morgan fingerprint density at radius 1 is 1.50 bits per heavy atom. The molecule has 0 saturated heterocycles. The van der Waals surface area contributed by atoms with Crippen LogP contribution >= 0.6 is 0 Å². The molecule has 1 aromatic rings. The van der Waals surface area contributed by atoms with Crippen LogP contribution in [0.1, 0.15) is 12.5 Å². The first-order valence-corrected chi connectivity index (χ1v) is 4.47. The number of carbonyl (C=O) groups excluding carboxylic acids is 1. The fourth-order valence-electron chi connectivity index (χ4n) is 1.06. The molecule has 0 aliphatic carbocycles. The van der Waals surface area contributed by atoms with E-state index < -0.39 is 0 Å². The van der Waals surface area contributed by atoms with Gasteiger partial charge in [-0.2, -0.15) is 0 Å². The molecule has 1 amide bonds. The largest absolute Gasteiger partial charge is 0.398 e. The Bertz CT molecular complexity index is 325. The highest BCUT2D eigenvalue weighted by Crippen LogP contribution is 2.09. The second-order valence-electron chi connectivity index (χ2n) is 3.20. The zero-order valence-electron chi connectivity index (χ0n) is 8.16. The molecule has 0 aliphatic heterocycles. The Kier molecular flexibility index (Phi) is 3.48. The van der Waals surface area contributed by atoms with Gasteiger partial charge in [-0.05, 0) is 18.6 Å². The second kappa shape index (κ2) is 4.62. The number of hydrogen-bond acceptors (Lipinski definition) is 3. The number of hydrogen-bond donors (Lipinski definition) is 3. The molecule has 0 fully saturated rings. The van der Waals surface area contributed by atoms with E-state index in [1.165, 1.54) is 0 Å². The molecule has 76 valence electrons. The van der Waals surface area contributed by atoms with Crippen LogP contribution in [0.3, 0.4) is 0 Å². The minimum Gasteiger partial charge on any atom is -0.398 e. The number of nitrogens with one attached hydrogen (secondary N) is 1. The molecule has 0 heterocycles. The van der Waals surface area contributed by atoms with Crippen LogP contribution in [0.25, 0.3) is 0 Å². The van der Waals surface area contributed by atoms with Gasteiger partial charge in [-0.1, -0.05) is 18.2 Å². The van der Waals surface area contributed by atoms with Crippen LogP contribution < -0.4 is 16.8 Å². The lowest BCUT2D eigenvalue weighted by molar-refractivity contribution is -0.119. The van der Waals surface area contributed by atoms with Crippen LogP contribution in [0.4, 0.5) is 5.69 Å². The topological polar surface area (TPSA) is 81.1 Å². The number of para-hydroxylation sites is 1. The summed E-state index contributed by atoms with van der Waals surface area (Å²) >= 11 is 0. The maximum atomic E-state index is 10.7. The van der Waals surface area contributed by atoms with E-state index in [4.69, 9.17) is 11.5 Å². The number of anilines is 1. The highest BCUT2D eigenvalue weighted by Gasteiger charge is 2.07. The molecule has 1 rings (SSSR count). The molecule has 0 bridgehead atoms. The minimum atomic E-state index is -0.362. The zero-order valence-corrected chi connectivity index (χ0v) is 8.16. The molecule has 0 spiro atoms. The number of primary amides is 1. The summed E-state index contributed by atoms with van der Waals surface area (Å²) in [7, 11) is 0. The number of nitrogen functional groups attached to an aromatic ring is 1. The third kappa shape index (κ3) is 2.74. The van der Waals surface area contributed by atoms with Crippen LogP contribution in [0.2, 0.25) is 0 Å². The van der Waals surface area contributed by atoms with Gasteiger partial charge in [-0.15, -0.1) is 0 Å². The molecule has 4 nitrogen and oxygen atoms in total. The summed E-state index contributed by atoms with van der Waals surface area (Å²) < 4.78 is 0. The molecule has 0 aromatic heterocycles. The summed E-state index contributed by atoms with van der Waals surface area (Å²) in [5, 5.41) is 2.98. The Balaban J connectivity index is 2.54. The molecule has 1 unspecified atom stereocenters. The van der Waals surface area contributed by atoms with Gasteiger partial charge < -0.3 is 16.8 Å². The molecule has 14 heavy (non-hydrogen) atoms. The fraction of sp³-hybridized carbons (Fsp3) is 0.300. The fourth-order valence-corrected chi connectivity index (χ4v) is 1.06. The van der Waals surface area contributed by atoms with Gasteiger partial charge >= 0.3 is 0 Å². The Hall–Kier alpha value is -1.55. The maximum Gasteiger partial charge on any atom is 0.234 e. The summed E-state index contributed by atoms with van der Waals surface area (Å²) in [6.07, 6.45) is 0. The predicted molar refractivity (Wildman–Crippen MR) is 56.4 cm³/mol. The number of amides is 1. The second-order valence-corrected chi connectivity index (χ2v) is 3.20. The van der Waals surface area contributed by atoms with Crippen molar-refractivity contribution in [3.63, 3.8) is 0 Å². The van der Waals surface area contributed by atoms with E-state index in [1.807, 2.05) is 24.3 Å². The van der Waals surface area contributed by atoms with Crippen molar-refractivity contribution in [1.82, 2.24) is 5.32 Å². The van der Waals surface area contributed by atoms with Gasteiger partial charge in [0.1, 0.15) is 0 Å². The smallest absolute Gasteiger partial charge is 0.234 e. The zero-order chi connectivity index (χ0) is 10.6. The van der Waals surface area contributed by atoms with Crippen LogP contribution in [0.5, 0.6) is 0 Å². The van der Waals surface area contributed by atoms with Crippen molar-refractivity contribution < 1.29 is 4.79 Å². The monoisotopic (exact) mass is 193 g/mol. The highest BCUT2D eigenvalue weighted by molar-refractivity contribution is 5.79. The third-order valence-electron chi connectivity index (χ3n) is 2.08. The Morgan fingerprint density at radius 2 is 2.14 bits per heavy atom. The van der Waals surface area contributed by atoms with E-state index in [0.717, 1.165) is 11.3 Å². The molecular formula is C10H15N3O. The molecule has 0 saturated carbocycles. The minimum absolute atomic E-state index is 0.338. The van der Waals surface area contributed by atoms with E-state index in [9.17, 15) is 4.79 Å².